The number of quaternary nitrogens is 1. The number of carbonyl (C=O) groups is 2. The number of anilines is 1. The van der Waals surface area contributed by atoms with Crippen molar-refractivity contribution in [1.82, 2.24) is 5.32 Å². The van der Waals surface area contributed by atoms with E-state index in [9.17, 15) is 9.59 Å². The average molecular weight is 391 g/mol. The van der Waals surface area contributed by atoms with Crippen LogP contribution in [0.4, 0.5) is 5.69 Å². The second-order valence-corrected chi connectivity index (χ2v) is 7.20. The number of thiophene rings is 1. The summed E-state index contributed by atoms with van der Waals surface area (Å²) in [7, 11) is 1.62. The van der Waals surface area contributed by atoms with E-state index in [1.807, 2.05) is 55.6 Å². The molecule has 1 aromatic carbocycles. The molecule has 2 aromatic rings. The smallest absolute Gasteiger partial charge is 0.282 e. The number of benzene rings is 1. The highest BCUT2D eigenvalue weighted by molar-refractivity contribution is 7.09. The minimum Gasteiger partial charge on any atom is -0.497 e. The van der Waals surface area contributed by atoms with Crippen LogP contribution >= 0.6 is 11.3 Å². The molecular formula is C20H28N3O3S+. The Hall–Kier alpha value is -2.38. The van der Waals surface area contributed by atoms with Crippen LogP contribution in [0.3, 0.4) is 0 Å². The van der Waals surface area contributed by atoms with Crippen molar-refractivity contribution in [3.63, 3.8) is 0 Å². The third-order valence-corrected chi connectivity index (χ3v) is 5.13. The monoisotopic (exact) mass is 390 g/mol. The van der Waals surface area contributed by atoms with Gasteiger partial charge in [0.1, 0.15) is 5.75 Å². The summed E-state index contributed by atoms with van der Waals surface area (Å²) in [4.78, 5) is 28.8. The predicted octanol–water partition coefficient (Wildman–Crippen LogP) is 1.33. The maximum Gasteiger partial charge on any atom is 0.282 e. The van der Waals surface area contributed by atoms with Crippen LogP contribution < -0.4 is 19.9 Å². The molecule has 0 aliphatic rings. The van der Waals surface area contributed by atoms with Gasteiger partial charge in [-0.1, -0.05) is 6.07 Å². The van der Waals surface area contributed by atoms with Crippen LogP contribution in [0.25, 0.3) is 0 Å². The first-order chi connectivity index (χ1) is 13.1. The molecule has 0 spiro atoms. The highest BCUT2D eigenvalue weighted by atomic mass is 32.1. The molecule has 2 N–H and O–H groups in total. The van der Waals surface area contributed by atoms with Gasteiger partial charge in [0.2, 0.25) is 0 Å². The van der Waals surface area contributed by atoms with Crippen LogP contribution in [0.1, 0.15) is 18.7 Å². The van der Waals surface area contributed by atoms with Gasteiger partial charge in [-0.2, -0.15) is 0 Å². The van der Waals surface area contributed by atoms with Crippen molar-refractivity contribution in [3.8, 4) is 5.75 Å². The zero-order chi connectivity index (χ0) is 19.6. The number of rotatable bonds is 10. The zero-order valence-corrected chi connectivity index (χ0v) is 17.0. The summed E-state index contributed by atoms with van der Waals surface area (Å²) in [6.07, 6.45) is 0. The highest BCUT2D eigenvalue weighted by Crippen LogP contribution is 2.22. The van der Waals surface area contributed by atoms with Crippen LogP contribution in [0.15, 0.2) is 41.8 Å². The molecular weight excluding hydrogens is 362 g/mol. The normalized spacial score (nSPS) is 11.7. The van der Waals surface area contributed by atoms with E-state index < -0.39 is 0 Å². The van der Waals surface area contributed by atoms with Crippen LogP contribution in [0.5, 0.6) is 5.75 Å². The summed E-state index contributed by atoms with van der Waals surface area (Å²) in [5.74, 6) is 0.713. The van der Waals surface area contributed by atoms with Crippen molar-refractivity contribution in [1.29, 1.82) is 0 Å². The first-order valence-electron chi connectivity index (χ1n) is 9.14. The van der Waals surface area contributed by atoms with Crippen molar-refractivity contribution in [3.05, 3.63) is 46.7 Å². The van der Waals surface area contributed by atoms with E-state index in [-0.39, 0.29) is 18.4 Å². The Morgan fingerprint density at radius 1 is 1.15 bits per heavy atom. The number of methoxy groups -OCH3 is 1. The SMILES string of the molecule is CCNC(=O)C[NH+](CC)CC(=O)N(Cc1cccs1)c1ccc(OC)cc1. The number of ether oxygens (including phenoxy) is 1. The fourth-order valence-corrected chi connectivity index (χ4v) is 3.45. The lowest BCUT2D eigenvalue weighted by Gasteiger charge is -2.25. The lowest BCUT2D eigenvalue weighted by Crippen LogP contribution is -3.14. The van der Waals surface area contributed by atoms with Crippen molar-refractivity contribution >= 4 is 28.8 Å². The van der Waals surface area contributed by atoms with Gasteiger partial charge in [0, 0.05) is 17.1 Å². The maximum absolute atomic E-state index is 13.1. The quantitative estimate of drug-likeness (QED) is 0.643. The van der Waals surface area contributed by atoms with E-state index in [1.165, 1.54) is 0 Å². The first kappa shape index (κ1) is 20.9. The molecule has 1 unspecified atom stereocenters. The molecule has 0 saturated carbocycles. The molecule has 1 heterocycles. The molecule has 2 rings (SSSR count). The number of amides is 2. The van der Waals surface area contributed by atoms with Gasteiger partial charge in [-0.05, 0) is 49.6 Å². The standard InChI is InChI=1S/C20H27N3O3S/c1-4-21-19(24)14-22(5-2)15-20(25)23(13-18-7-6-12-27-18)16-8-10-17(26-3)11-9-16/h6-12H,4-5,13-15H2,1-3H3,(H,21,24)/p+1. The van der Waals surface area contributed by atoms with E-state index in [0.717, 1.165) is 21.2 Å². The Labute approximate surface area is 164 Å². The Morgan fingerprint density at radius 2 is 1.89 bits per heavy atom. The van der Waals surface area contributed by atoms with Crippen LogP contribution in [0.2, 0.25) is 0 Å². The minimum absolute atomic E-state index is 0.00489. The Morgan fingerprint density at radius 3 is 2.44 bits per heavy atom. The molecule has 27 heavy (non-hydrogen) atoms. The second kappa shape index (κ2) is 10.7. The van der Waals surface area contributed by atoms with Crippen LogP contribution in [0, 0.1) is 0 Å². The average Bonchev–Trinajstić information content (AvgIpc) is 3.19. The lowest BCUT2D eigenvalue weighted by atomic mass is 10.2. The Balaban J connectivity index is 2.15. The van der Waals surface area contributed by atoms with Crippen LogP contribution in [-0.2, 0) is 16.1 Å². The van der Waals surface area contributed by atoms with E-state index >= 15 is 0 Å². The maximum atomic E-state index is 13.1. The number of nitrogens with zero attached hydrogens (tertiary/aromatic N) is 1. The van der Waals surface area contributed by atoms with Crippen molar-refractivity contribution in [2.24, 2.45) is 0 Å². The minimum atomic E-state index is -0.0311. The Bertz CT molecular complexity index is 717. The molecule has 1 atom stereocenters. The van der Waals surface area contributed by atoms with Gasteiger partial charge in [-0.15, -0.1) is 11.3 Å². The first-order valence-corrected chi connectivity index (χ1v) is 10.0. The molecule has 1 aromatic heterocycles. The number of hydrogen-bond donors (Lipinski definition) is 2. The number of hydrogen-bond acceptors (Lipinski definition) is 4. The molecule has 0 bridgehead atoms. The summed E-state index contributed by atoms with van der Waals surface area (Å²) < 4.78 is 5.21. The van der Waals surface area contributed by atoms with Gasteiger partial charge in [0.05, 0.1) is 20.2 Å². The summed E-state index contributed by atoms with van der Waals surface area (Å²) >= 11 is 1.62. The molecule has 2 amide bonds. The predicted molar refractivity (Wildman–Crippen MR) is 108 cm³/mol. The third kappa shape index (κ3) is 6.37. The number of nitrogens with one attached hydrogen (secondary N) is 2. The van der Waals surface area contributed by atoms with Gasteiger partial charge in [-0.25, -0.2) is 0 Å². The van der Waals surface area contributed by atoms with Gasteiger partial charge in [0.15, 0.2) is 13.1 Å². The lowest BCUT2D eigenvalue weighted by molar-refractivity contribution is -0.881. The van der Waals surface area contributed by atoms with Gasteiger partial charge in [-0.3, -0.25) is 9.59 Å². The molecule has 146 valence electrons. The molecule has 0 radical (unpaired) electrons. The van der Waals surface area contributed by atoms with Gasteiger partial charge < -0.3 is 19.9 Å². The molecule has 0 fully saturated rings. The zero-order valence-electron chi connectivity index (χ0n) is 16.2. The number of likely N-dealkylation sites (N-methyl/N-ethyl adjacent to an activating group) is 2. The van der Waals surface area contributed by atoms with E-state index in [0.29, 0.717) is 26.2 Å². The number of carbonyl (C=O) groups excluding carboxylic acids is 2. The molecule has 0 aliphatic carbocycles. The topological polar surface area (TPSA) is 63.1 Å². The van der Waals surface area contributed by atoms with E-state index in [4.69, 9.17) is 4.74 Å². The van der Waals surface area contributed by atoms with Crippen molar-refractivity contribution in [2.75, 3.05) is 38.2 Å². The molecule has 6 nitrogen and oxygen atoms in total. The second-order valence-electron chi connectivity index (χ2n) is 6.17. The third-order valence-electron chi connectivity index (χ3n) is 4.26. The highest BCUT2D eigenvalue weighted by Gasteiger charge is 2.23. The van der Waals surface area contributed by atoms with Gasteiger partial charge in [0.25, 0.3) is 11.8 Å². The van der Waals surface area contributed by atoms with Gasteiger partial charge >= 0.3 is 0 Å². The molecule has 7 heteroatoms. The largest absolute Gasteiger partial charge is 0.497 e. The van der Waals surface area contributed by atoms with Crippen LogP contribution in [-0.4, -0.2) is 45.1 Å². The van der Waals surface area contributed by atoms with Crippen molar-refractivity contribution < 1.29 is 19.2 Å². The van der Waals surface area contributed by atoms with E-state index in [1.54, 1.807) is 23.3 Å². The summed E-state index contributed by atoms with van der Waals surface area (Å²) in [6.45, 7) is 6.26. The molecule has 0 aliphatic heterocycles. The molecule has 0 saturated heterocycles. The fourth-order valence-electron chi connectivity index (χ4n) is 2.75. The Kier molecular flexibility index (Phi) is 8.29. The van der Waals surface area contributed by atoms with E-state index in [2.05, 4.69) is 5.32 Å². The summed E-state index contributed by atoms with van der Waals surface area (Å²) in [5.41, 5.74) is 0.822. The summed E-state index contributed by atoms with van der Waals surface area (Å²) in [6, 6.07) is 11.5. The fraction of sp³-hybridized carbons (Fsp3) is 0.400. The summed E-state index contributed by atoms with van der Waals surface area (Å²) in [5, 5.41) is 4.80. The van der Waals surface area contributed by atoms with Crippen molar-refractivity contribution in [2.45, 2.75) is 20.4 Å².